The van der Waals surface area contributed by atoms with Crippen LogP contribution in [0.3, 0.4) is 0 Å². The van der Waals surface area contributed by atoms with Crippen molar-refractivity contribution in [3.8, 4) is 0 Å². The summed E-state index contributed by atoms with van der Waals surface area (Å²) in [7, 11) is 1.35. The van der Waals surface area contributed by atoms with Crippen LogP contribution in [0.5, 0.6) is 0 Å². The summed E-state index contributed by atoms with van der Waals surface area (Å²) in [6.45, 7) is 0.373. The average Bonchev–Trinajstić information content (AvgIpc) is 2.87. The molecule has 132 valence electrons. The lowest BCUT2D eigenvalue weighted by atomic mass is 10.1. The lowest BCUT2D eigenvalue weighted by Gasteiger charge is -2.06. The van der Waals surface area contributed by atoms with Gasteiger partial charge in [0.25, 0.3) is 0 Å². The van der Waals surface area contributed by atoms with Crippen molar-refractivity contribution in [2.45, 2.75) is 38.6 Å². The number of anilines is 1. The van der Waals surface area contributed by atoms with Gasteiger partial charge in [-0.15, -0.1) is 11.3 Å². The van der Waals surface area contributed by atoms with Gasteiger partial charge in [-0.1, -0.05) is 18.6 Å². The Morgan fingerprint density at radius 1 is 1.16 bits per heavy atom. The van der Waals surface area contributed by atoms with Crippen LogP contribution in [0.15, 0.2) is 24.3 Å². The van der Waals surface area contributed by atoms with E-state index in [9.17, 15) is 9.59 Å². The topological polar surface area (TPSA) is 80.3 Å². The second kappa shape index (κ2) is 8.11. The van der Waals surface area contributed by atoms with Gasteiger partial charge in [-0.3, -0.25) is 5.32 Å². The van der Waals surface area contributed by atoms with Crippen LogP contribution >= 0.6 is 11.3 Å². The molecule has 25 heavy (non-hydrogen) atoms. The van der Waals surface area contributed by atoms with Crippen molar-refractivity contribution in [1.29, 1.82) is 0 Å². The third kappa shape index (κ3) is 4.57. The maximum Gasteiger partial charge on any atom is 0.337 e. The molecule has 3 rings (SSSR count). The minimum atomic E-state index is -0.374. The summed E-state index contributed by atoms with van der Waals surface area (Å²) < 4.78 is 4.66. The Balaban J connectivity index is 1.52. The predicted molar refractivity (Wildman–Crippen MR) is 97.0 cm³/mol. The Bertz CT molecular complexity index is 732. The van der Waals surface area contributed by atoms with E-state index in [0.717, 1.165) is 24.1 Å². The molecule has 0 unspecified atom stereocenters. The third-order valence-corrected chi connectivity index (χ3v) is 5.22. The number of carbonyl (C=O) groups excluding carboxylic acids is 2. The highest BCUT2D eigenvalue weighted by Crippen LogP contribution is 2.28. The number of aromatic nitrogens is 1. The summed E-state index contributed by atoms with van der Waals surface area (Å²) in [6.07, 6.45) is 5.68. The number of hydrogen-bond donors (Lipinski definition) is 2. The van der Waals surface area contributed by atoms with E-state index in [2.05, 4.69) is 20.4 Å². The Morgan fingerprint density at radius 3 is 2.68 bits per heavy atom. The molecular weight excluding hydrogens is 338 g/mol. The number of urea groups is 1. The number of amides is 2. The van der Waals surface area contributed by atoms with Gasteiger partial charge in [0.15, 0.2) is 5.13 Å². The standard InChI is InChI=1S/C18H21N3O3S/c1-24-16(22)13-9-7-12(8-10-13)11-19-17(23)21-18-20-14-5-3-2-4-6-15(14)25-18/h7-10H,2-6,11H2,1H3,(H2,19,20,21,23). The molecule has 0 bridgehead atoms. The second-order valence-corrected chi connectivity index (χ2v) is 7.03. The van der Waals surface area contributed by atoms with Crippen molar-refractivity contribution >= 4 is 28.5 Å². The number of aryl methyl sites for hydroxylation is 2. The fourth-order valence-corrected chi connectivity index (χ4v) is 3.83. The van der Waals surface area contributed by atoms with Crippen LogP contribution in [0, 0.1) is 0 Å². The van der Waals surface area contributed by atoms with Crippen LogP contribution in [0.25, 0.3) is 0 Å². The summed E-state index contributed by atoms with van der Waals surface area (Å²) in [4.78, 5) is 29.3. The fourth-order valence-electron chi connectivity index (χ4n) is 2.78. The largest absolute Gasteiger partial charge is 0.465 e. The first-order valence-electron chi connectivity index (χ1n) is 8.36. The monoisotopic (exact) mass is 359 g/mol. The zero-order valence-corrected chi connectivity index (χ0v) is 14.9. The molecule has 0 spiro atoms. The van der Waals surface area contributed by atoms with E-state index >= 15 is 0 Å². The van der Waals surface area contributed by atoms with Crippen LogP contribution < -0.4 is 10.6 Å². The van der Waals surface area contributed by atoms with Crippen LogP contribution in [-0.4, -0.2) is 24.1 Å². The average molecular weight is 359 g/mol. The van der Waals surface area contributed by atoms with Gasteiger partial charge in [0.1, 0.15) is 0 Å². The smallest absolute Gasteiger partial charge is 0.337 e. The maximum atomic E-state index is 12.1. The van der Waals surface area contributed by atoms with E-state index in [1.165, 1.54) is 31.2 Å². The molecule has 1 aliphatic carbocycles. The first-order chi connectivity index (χ1) is 12.2. The number of fused-ring (bicyclic) bond motifs is 1. The molecule has 1 aromatic heterocycles. The lowest BCUT2D eigenvalue weighted by Crippen LogP contribution is -2.28. The molecule has 0 atom stereocenters. The number of rotatable bonds is 4. The Morgan fingerprint density at radius 2 is 1.92 bits per heavy atom. The van der Waals surface area contributed by atoms with Gasteiger partial charge < -0.3 is 10.1 Å². The number of thiazole rings is 1. The molecule has 1 aromatic carbocycles. The Hall–Kier alpha value is -2.41. The lowest BCUT2D eigenvalue weighted by molar-refractivity contribution is 0.0600. The zero-order valence-electron chi connectivity index (χ0n) is 14.1. The summed E-state index contributed by atoms with van der Waals surface area (Å²) in [5.74, 6) is -0.374. The first-order valence-corrected chi connectivity index (χ1v) is 9.18. The normalized spacial score (nSPS) is 13.5. The quantitative estimate of drug-likeness (QED) is 0.646. The fraction of sp³-hybridized carbons (Fsp3) is 0.389. The van der Waals surface area contributed by atoms with Crippen LogP contribution in [-0.2, 0) is 24.1 Å². The van der Waals surface area contributed by atoms with Crippen molar-refractivity contribution in [1.82, 2.24) is 10.3 Å². The van der Waals surface area contributed by atoms with Crippen molar-refractivity contribution in [2.75, 3.05) is 12.4 Å². The van der Waals surface area contributed by atoms with Crippen LogP contribution in [0.4, 0.5) is 9.93 Å². The van der Waals surface area contributed by atoms with Crippen LogP contribution in [0.1, 0.15) is 45.8 Å². The molecule has 0 aliphatic heterocycles. The van der Waals surface area contributed by atoms with E-state index in [0.29, 0.717) is 17.2 Å². The maximum absolute atomic E-state index is 12.1. The van der Waals surface area contributed by atoms with Crippen molar-refractivity contribution in [2.24, 2.45) is 0 Å². The number of carbonyl (C=O) groups is 2. The van der Waals surface area contributed by atoms with E-state index in [-0.39, 0.29) is 12.0 Å². The van der Waals surface area contributed by atoms with Crippen LogP contribution in [0.2, 0.25) is 0 Å². The van der Waals surface area contributed by atoms with Gasteiger partial charge in [-0.2, -0.15) is 0 Å². The van der Waals surface area contributed by atoms with Gasteiger partial charge in [-0.25, -0.2) is 14.6 Å². The highest BCUT2D eigenvalue weighted by Gasteiger charge is 2.15. The molecule has 1 heterocycles. The molecule has 2 aromatic rings. The van der Waals surface area contributed by atoms with Crippen molar-refractivity contribution < 1.29 is 14.3 Å². The van der Waals surface area contributed by atoms with E-state index in [4.69, 9.17) is 0 Å². The third-order valence-electron chi connectivity index (χ3n) is 4.14. The number of ether oxygens (including phenoxy) is 1. The van der Waals surface area contributed by atoms with Gasteiger partial charge in [0.05, 0.1) is 18.4 Å². The highest BCUT2D eigenvalue weighted by molar-refractivity contribution is 7.15. The predicted octanol–water partition coefficient (Wildman–Crippen LogP) is 3.52. The summed E-state index contributed by atoms with van der Waals surface area (Å²) >= 11 is 1.57. The van der Waals surface area contributed by atoms with Gasteiger partial charge in [0.2, 0.25) is 0 Å². The molecule has 0 fully saturated rings. The molecule has 0 radical (unpaired) electrons. The molecular formula is C18H21N3O3S. The Labute approximate surface area is 150 Å². The number of benzene rings is 1. The minimum Gasteiger partial charge on any atom is -0.465 e. The number of nitrogens with one attached hydrogen (secondary N) is 2. The minimum absolute atomic E-state index is 0.277. The SMILES string of the molecule is COC(=O)c1ccc(CNC(=O)Nc2nc3c(s2)CCCCC3)cc1. The molecule has 2 amide bonds. The van der Waals surface area contributed by atoms with Crippen molar-refractivity contribution in [3.63, 3.8) is 0 Å². The highest BCUT2D eigenvalue weighted by atomic mass is 32.1. The van der Waals surface area contributed by atoms with E-state index < -0.39 is 0 Å². The number of hydrogen-bond acceptors (Lipinski definition) is 5. The number of methoxy groups -OCH3 is 1. The molecule has 1 aliphatic rings. The molecule has 0 saturated carbocycles. The number of nitrogens with zero attached hydrogens (tertiary/aromatic N) is 1. The van der Waals surface area contributed by atoms with Gasteiger partial charge in [-0.05, 0) is 43.4 Å². The van der Waals surface area contributed by atoms with E-state index in [1.807, 2.05) is 0 Å². The molecule has 7 heteroatoms. The first kappa shape index (κ1) is 17.4. The van der Waals surface area contributed by atoms with Crippen molar-refractivity contribution in [3.05, 3.63) is 46.0 Å². The Kier molecular flexibility index (Phi) is 5.65. The molecule has 0 saturated heterocycles. The summed E-state index contributed by atoms with van der Waals surface area (Å²) in [5.41, 5.74) is 2.52. The molecule has 6 nitrogen and oxygen atoms in total. The molecule has 2 N–H and O–H groups in total. The number of esters is 1. The summed E-state index contributed by atoms with van der Waals surface area (Å²) in [6, 6.07) is 6.66. The van der Waals surface area contributed by atoms with Gasteiger partial charge in [0, 0.05) is 11.4 Å². The summed E-state index contributed by atoms with van der Waals surface area (Å²) in [5, 5.41) is 6.27. The zero-order chi connectivity index (χ0) is 17.6. The van der Waals surface area contributed by atoms with Gasteiger partial charge >= 0.3 is 12.0 Å². The second-order valence-electron chi connectivity index (χ2n) is 5.95. The van der Waals surface area contributed by atoms with E-state index in [1.54, 1.807) is 35.6 Å².